The van der Waals surface area contributed by atoms with Crippen LogP contribution in [0.15, 0.2) is 29.3 Å². The third kappa shape index (κ3) is 6.09. The van der Waals surface area contributed by atoms with Crippen LogP contribution in [0.2, 0.25) is 0 Å². The van der Waals surface area contributed by atoms with Crippen LogP contribution in [-0.4, -0.2) is 70.8 Å². The standard InChI is InChI=1S/C22H31N7OS.HI/c1-3-19-25-22(31-26-19)28-12-10-27(11-13-28)21(23-2)24-15-17-6-4-7-18(14-17)16-29-9-5-8-20(29)30;/h4,6-7,14H,3,5,8-13,15-16H2,1-2H3,(H,23,24);1H. The zero-order chi connectivity index (χ0) is 21.6. The lowest BCUT2D eigenvalue weighted by atomic mass is 10.1. The van der Waals surface area contributed by atoms with E-state index < -0.39 is 0 Å². The zero-order valence-corrected chi connectivity index (χ0v) is 21.9. The highest BCUT2D eigenvalue weighted by atomic mass is 127. The first-order chi connectivity index (χ1) is 15.2. The number of aryl methyl sites for hydroxylation is 1. The van der Waals surface area contributed by atoms with Crippen LogP contribution in [0.5, 0.6) is 0 Å². The first-order valence-electron chi connectivity index (χ1n) is 11.0. The van der Waals surface area contributed by atoms with Gasteiger partial charge in [0.05, 0.1) is 0 Å². The van der Waals surface area contributed by atoms with Gasteiger partial charge in [-0.15, -0.1) is 24.0 Å². The Hall–Kier alpha value is -1.95. The molecule has 174 valence electrons. The fraction of sp³-hybridized carbons (Fsp3) is 0.545. The molecule has 8 nitrogen and oxygen atoms in total. The van der Waals surface area contributed by atoms with Gasteiger partial charge in [0, 0.05) is 77.2 Å². The van der Waals surface area contributed by atoms with Gasteiger partial charge >= 0.3 is 0 Å². The summed E-state index contributed by atoms with van der Waals surface area (Å²) in [5.41, 5.74) is 2.38. The average molecular weight is 570 g/mol. The summed E-state index contributed by atoms with van der Waals surface area (Å²) in [6.45, 7) is 8.00. The molecule has 0 saturated carbocycles. The molecule has 1 N–H and O–H groups in total. The molecule has 1 aromatic carbocycles. The molecule has 0 spiro atoms. The predicted octanol–water partition coefficient (Wildman–Crippen LogP) is 2.74. The maximum Gasteiger partial charge on any atom is 0.222 e. The fourth-order valence-corrected chi connectivity index (χ4v) is 4.87. The number of aliphatic imine (C=N–C) groups is 1. The van der Waals surface area contributed by atoms with Crippen LogP contribution in [0.1, 0.15) is 36.7 Å². The smallest absolute Gasteiger partial charge is 0.222 e. The van der Waals surface area contributed by atoms with Crippen molar-refractivity contribution in [1.82, 2.24) is 24.5 Å². The van der Waals surface area contributed by atoms with E-state index in [0.29, 0.717) is 19.5 Å². The van der Waals surface area contributed by atoms with Gasteiger partial charge in [0.25, 0.3) is 0 Å². The molecule has 4 rings (SSSR count). The number of likely N-dealkylation sites (tertiary alicyclic amines) is 1. The van der Waals surface area contributed by atoms with Gasteiger partial charge in [0.2, 0.25) is 11.0 Å². The lowest BCUT2D eigenvalue weighted by molar-refractivity contribution is -0.128. The third-order valence-electron chi connectivity index (χ3n) is 5.82. The fourth-order valence-electron chi connectivity index (χ4n) is 4.07. The molecule has 2 fully saturated rings. The Bertz CT molecular complexity index is 927. The number of guanidine groups is 1. The van der Waals surface area contributed by atoms with Crippen LogP contribution >= 0.6 is 35.5 Å². The molecular formula is C22H32IN7OS. The molecule has 2 saturated heterocycles. The van der Waals surface area contributed by atoms with Crippen molar-refractivity contribution in [3.8, 4) is 0 Å². The zero-order valence-electron chi connectivity index (χ0n) is 18.8. The number of hydrogen-bond acceptors (Lipinski definition) is 6. The second kappa shape index (κ2) is 11.8. The number of halogens is 1. The molecule has 0 aliphatic carbocycles. The van der Waals surface area contributed by atoms with Gasteiger partial charge in [-0.05, 0) is 17.5 Å². The second-order valence-electron chi connectivity index (χ2n) is 7.96. The van der Waals surface area contributed by atoms with Gasteiger partial charge in [-0.1, -0.05) is 31.2 Å². The van der Waals surface area contributed by atoms with Crippen molar-refractivity contribution < 1.29 is 4.79 Å². The van der Waals surface area contributed by atoms with E-state index in [1.807, 2.05) is 11.9 Å². The largest absolute Gasteiger partial charge is 0.352 e. The minimum absolute atomic E-state index is 0. The van der Waals surface area contributed by atoms with Gasteiger partial charge < -0.3 is 20.0 Å². The number of anilines is 1. The molecule has 0 bridgehead atoms. The van der Waals surface area contributed by atoms with E-state index in [1.54, 1.807) is 0 Å². The van der Waals surface area contributed by atoms with Crippen molar-refractivity contribution in [2.75, 3.05) is 44.7 Å². The molecule has 0 radical (unpaired) electrons. The number of carbonyl (C=O) groups is 1. The first-order valence-corrected chi connectivity index (χ1v) is 11.8. The normalized spacial score (nSPS) is 17.0. The van der Waals surface area contributed by atoms with Gasteiger partial charge in [0.15, 0.2) is 5.96 Å². The van der Waals surface area contributed by atoms with E-state index in [0.717, 1.165) is 62.5 Å². The number of nitrogens with zero attached hydrogens (tertiary/aromatic N) is 6. The maximum atomic E-state index is 11.9. The van der Waals surface area contributed by atoms with Crippen molar-refractivity contribution >= 4 is 52.5 Å². The molecular weight excluding hydrogens is 537 g/mol. The van der Waals surface area contributed by atoms with Crippen molar-refractivity contribution in [3.05, 3.63) is 41.2 Å². The van der Waals surface area contributed by atoms with E-state index in [2.05, 4.69) is 60.7 Å². The van der Waals surface area contributed by atoms with Gasteiger partial charge in [-0.2, -0.15) is 4.37 Å². The van der Waals surface area contributed by atoms with Crippen molar-refractivity contribution in [3.63, 3.8) is 0 Å². The third-order valence-corrected chi connectivity index (χ3v) is 6.64. The van der Waals surface area contributed by atoms with Crippen molar-refractivity contribution in [2.24, 2.45) is 4.99 Å². The lowest BCUT2D eigenvalue weighted by Crippen LogP contribution is -2.52. The van der Waals surface area contributed by atoms with Crippen LogP contribution in [0, 0.1) is 0 Å². The summed E-state index contributed by atoms with van der Waals surface area (Å²) in [5.74, 6) is 2.12. The number of nitrogens with one attached hydrogen (secondary N) is 1. The molecule has 32 heavy (non-hydrogen) atoms. The molecule has 3 heterocycles. The Kier molecular flexibility index (Phi) is 9.09. The van der Waals surface area contributed by atoms with Gasteiger partial charge in [-0.3, -0.25) is 9.79 Å². The first kappa shape index (κ1) is 24.7. The summed E-state index contributed by atoms with van der Waals surface area (Å²) in [6, 6.07) is 8.47. The topological polar surface area (TPSA) is 77.0 Å². The van der Waals surface area contributed by atoms with E-state index in [1.165, 1.54) is 22.7 Å². The number of hydrogen-bond donors (Lipinski definition) is 1. The lowest BCUT2D eigenvalue weighted by Gasteiger charge is -2.36. The highest BCUT2D eigenvalue weighted by Crippen LogP contribution is 2.19. The highest BCUT2D eigenvalue weighted by Gasteiger charge is 2.22. The summed E-state index contributed by atoms with van der Waals surface area (Å²) in [4.78, 5) is 27.6. The summed E-state index contributed by atoms with van der Waals surface area (Å²) in [5, 5.41) is 4.53. The number of aromatic nitrogens is 2. The molecule has 0 unspecified atom stereocenters. The molecule has 2 aliphatic heterocycles. The van der Waals surface area contributed by atoms with Crippen molar-refractivity contribution in [1.29, 1.82) is 0 Å². The summed E-state index contributed by atoms with van der Waals surface area (Å²) in [7, 11) is 1.84. The molecule has 2 aromatic rings. The SMILES string of the molecule is CCc1nsc(N2CCN(C(=NC)NCc3cccc(CN4CCCC4=O)c3)CC2)n1.I. The van der Waals surface area contributed by atoms with E-state index in [4.69, 9.17) is 0 Å². The number of amides is 1. The van der Waals surface area contributed by atoms with Gasteiger partial charge in [0.1, 0.15) is 5.82 Å². The molecule has 10 heteroatoms. The predicted molar refractivity (Wildman–Crippen MR) is 140 cm³/mol. The van der Waals surface area contributed by atoms with Crippen LogP contribution in [-0.2, 0) is 24.3 Å². The van der Waals surface area contributed by atoms with Crippen LogP contribution in [0.25, 0.3) is 0 Å². The number of carbonyl (C=O) groups excluding carboxylic acids is 1. The maximum absolute atomic E-state index is 11.9. The molecule has 2 aliphatic rings. The Labute approximate surface area is 211 Å². The molecule has 0 atom stereocenters. The summed E-state index contributed by atoms with van der Waals surface area (Å²) >= 11 is 1.49. The Balaban J connectivity index is 0.00000289. The molecule has 1 amide bonds. The second-order valence-corrected chi connectivity index (χ2v) is 8.69. The number of rotatable bonds is 6. The Morgan fingerprint density at radius 3 is 2.62 bits per heavy atom. The molecule has 1 aromatic heterocycles. The van der Waals surface area contributed by atoms with Crippen LogP contribution in [0.3, 0.4) is 0 Å². The van der Waals surface area contributed by atoms with Crippen molar-refractivity contribution in [2.45, 2.75) is 39.3 Å². The van der Waals surface area contributed by atoms with Crippen LogP contribution < -0.4 is 10.2 Å². The minimum Gasteiger partial charge on any atom is -0.352 e. The van der Waals surface area contributed by atoms with E-state index in [9.17, 15) is 4.79 Å². The summed E-state index contributed by atoms with van der Waals surface area (Å²) < 4.78 is 4.40. The van der Waals surface area contributed by atoms with Crippen LogP contribution in [0.4, 0.5) is 5.13 Å². The Morgan fingerprint density at radius 1 is 1.19 bits per heavy atom. The van der Waals surface area contributed by atoms with Gasteiger partial charge in [-0.25, -0.2) is 4.98 Å². The summed E-state index contributed by atoms with van der Waals surface area (Å²) in [6.07, 6.45) is 2.54. The minimum atomic E-state index is 0. The van der Waals surface area contributed by atoms with E-state index in [-0.39, 0.29) is 29.9 Å². The highest BCUT2D eigenvalue weighted by molar-refractivity contribution is 14.0. The number of benzene rings is 1. The van der Waals surface area contributed by atoms with E-state index >= 15 is 0 Å². The average Bonchev–Trinajstić information content (AvgIpc) is 3.44. The monoisotopic (exact) mass is 569 g/mol. The quantitative estimate of drug-likeness (QED) is 0.328. The Morgan fingerprint density at radius 2 is 1.97 bits per heavy atom. The number of piperazine rings is 1.